The van der Waals surface area contributed by atoms with Gasteiger partial charge in [-0.25, -0.2) is 31.4 Å². The van der Waals surface area contributed by atoms with Crippen molar-refractivity contribution in [2.24, 2.45) is 0 Å². The minimum atomic E-state index is -3.56. The van der Waals surface area contributed by atoms with Crippen LogP contribution in [0.5, 0.6) is 0 Å². The second kappa shape index (κ2) is 8.23. The van der Waals surface area contributed by atoms with Crippen molar-refractivity contribution in [2.75, 3.05) is 4.72 Å². The van der Waals surface area contributed by atoms with Gasteiger partial charge in [-0.05, 0) is 73.4 Å². The van der Waals surface area contributed by atoms with Gasteiger partial charge >= 0.3 is 0 Å². The van der Waals surface area contributed by atoms with E-state index in [1.54, 1.807) is 53.0 Å². The first-order valence-corrected chi connectivity index (χ1v) is 12.8. The van der Waals surface area contributed by atoms with Crippen molar-refractivity contribution >= 4 is 21.2 Å². The largest absolute Gasteiger partial charge is 0.283 e. The van der Waals surface area contributed by atoms with Crippen LogP contribution in [0.4, 0.5) is 14.5 Å². The number of fused-ring (bicyclic) bond motifs is 1. The molecular formula is C25H20F2N6O2S. The maximum Gasteiger partial charge on any atom is 0.235 e. The van der Waals surface area contributed by atoms with E-state index in [4.69, 9.17) is 0 Å². The molecule has 0 saturated heterocycles. The second-order valence-electron chi connectivity index (χ2n) is 8.78. The smallest absolute Gasteiger partial charge is 0.235 e. The van der Waals surface area contributed by atoms with Gasteiger partial charge < -0.3 is 0 Å². The standard InChI is InChI=1S/C25H20F2N6O2S/c1-15-28-14-33(30-15)20-3-7-25-23(12-29-32(25)13-20)17-8-16(22-6-2-18(26)11-24(22)27)9-19(10-17)31-36(34,35)21-4-5-21/h2-3,6-14,21,31H,4-5H2,1H3. The summed E-state index contributed by atoms with van der Waals surface area (Å²) in [6, 6.07) is 12.0. The lowest BCUT2D eigenvalue weighted by Gasteiger charge is -2.13. The van der Waals surface area contributed by atoms with Gasteiger partial charge in [0.1, 0.15) is 23.8 Å². The van der Waals surface area contributed by atoms with E-state index in [1.165, 1.54) is 12.1 Å². The van der Waals surface area contributed by atoms with Crippen molar-refractivity contribution < 1.29 is 17.2 Å². The third-order valence-corrected chi connectivity index (χ3v) is 7.95. The summed E-state index contributed by atoms with van der Waals surface area (Å²) in [7, 11) is -3.56. The molecule has 8 nitrogen and oxygen atoms in total. The first kappa shape index (κ1) is 22.4. The van der Waals surface area contributed by atoms with Crippen molar-refractivity contribution in [2.45, 2.75) is 25.0 Å². The van der Waals surface area contributed by atoms with Gasteiger partial charge in [-0.2, -0.15) is 10.2 Å². The van der Waals surface area contributed by atoms with Gasteiger partial charge in [-0.3, -0.25) is 4.72 Å². The molecule has 6 rings (SSSR count). The van der Waals surface area contributed by atoms with E-state index >= 15 is 0 Å². The van der Waals surface area contributed by atoms with Crippen molar-refractivity contribution in [3.05, 3.63) is 84.7 Å². The van der Waals surface area contributed by atoms with E-state index in [0.717, 1.165) is 17.3 Å². The summed E-state index contributed by atoms with van der Waals surface area (Å²) in [6.45, 7) is 1.80. The highest BCUT2D eigenvalue weighted by atomic mass is 32.2. The fourth-order valence-corrected chi connectivity index (χ4v) is 5.52. The monoisotopic (exact) mass is 506 g/mol. The van der Waals surface area contributed by atoms with Crippen LogP contribution < -0.4 is 4.72 Å². The minimum absolute atomic E-state index is 0.158. The first-order valence-electron chi connectivity index (χ1n) is 11.3. The molecule has 5 aromatic rings. The number of aryl methyl sites for hydroxylation is 1. The molecule has 36 heavy (non-hydrogen) atoms. The fourth-order valence-electron chi connectivity index (χ4n) is 4.15. The molecule has 1 fully saturated rings. The number of rotatable bonds is 6. The Hall–Kier alpha value is -4.12. The maximum absolute atomic E-state index is 14.7. The average molecular weight is 507 g/mol. The predicted octanol–water partition coefficient (Wildman–Crippen LogP) is 4.74. The highest BCUT2D eigenvalue weighted by Gasteiger charge is 2.35. The van der Waals surface area contributed by atoms with Crippen molar-refractivity contribution in [1.82, 2.24) is 24.4 Å². The molecule has 182 valence electrons. The molecular weight excluding hydrogens is 486 g/mol. The van der Waals surface area contributed by atoms with Crippen molar-refractivity contribution in [3.8, 4) is 27.9 Å². The molecule has 1 saturated carbocycles. The van der Waals surface area contributed by atoms with Gasteiger partial charge in [-0.1, -0.05) is 0 Å². The van der Waals surface area contributed by atoms with Crippen LogP contribution >= 0.6 is 0 Å². The van der Waals surface area contributed by atoms with Crippen LogP contribution in [-0.4, -0.2) is 38.0 Å². The Labute approximate surface area is 205 Å². The molecule has 0 aliphatic heterocycles. The molecule has 0 bridgehead atoms. The highest BCUT2D eigenvalue weighted by molar-refractivity contribution is 7.93. The van der Waals surface area contributed by atoms with Gasteiger partial charge in [0.2, 0.25) is 10.0 Å². The SMILES string of the molecule is Cc1ncn(-c2ccc3c(-c4cc(NS(=O)(=O)C5CC5)cc(-c5ccc(F)cc5F)c4)cnn3c2)n1. The number of nitrogens with zero attached hydrogens (tertiary/aromatic N) is 5. The molecule has 0 unspecified atom stereocenters. The van der Waals surface area contributed by atoms with Crippen LogP contribution in [0.3, 0.4) is 0 Å². The van der Waals surface area contributed by atoms with Crippen LogP contribution in [0, 0.1) is 18.6 Å². The summed E-state index contributed by atoms with van der Waals surface area (Å²) >= 11 is 0. The topological polar surface area (TPSA) is 94.2 Å². The van der Waals surface area contributed by atoms with Gasteiger partial charge in [0.25, 0.3) is 0 Å². The molecule has 0 radical (unpaired) electrons. The first-order chi connectivity index (χ1) is 17.3. The molecule has 3 aromatic heterocycles. The second-order valence-corrected chi connectivity index (χ2v) is 10.7. The van der Waals surface area contributed by atoms with Crippen LogP contribution in [-0.2, 0) is 10.0 Å². The lowest BCUT2D eigenvalue weighted by Crippen LogP contribution is -2.17. The van der Waals surface area contributed by atoms with E-state index in [0.29, 0.717) is 41.0 Å². The number of pyridine rings is 1. The predicted molar refractivity (Wildman–Crippen MR) is 131 cm³/mol. The Morgan fingerprint density at radius 1 is 1.00 bits per heavy atom. The summed E-state index contributed by atoms with van der Waals surface area (Å²) in [5.74, 6) is -0.791. The van der Waals surface area contributed by atoms with Crippen LogP contribution in [0.25, 0.3) is 33.5 Å². The quantitative estimate of drug-likeness (QED) is 0.359. The van der Waals surface area contributed by atoms with Crippen molar-refractivity contribution in [1.29, 1.82) is 0 Å². The average Bonchev–Trinajstić information content (AvgIpc) is 3.49. The van der Waals surface area contributed by atoms with Crippen LogP contribution in [0.15, 0.2) is 67.3 Å². The molecule has 1 N–H and O–H groups in total. The molecule has 0 amide bonds. The lowest BCUT2D eigenvalue weighted by molar-refractivity contribution is 0.585. The molecule has 1 aliphatic carbocycles. The lowest BCUT2D eigenvalue weighted by atomic mass is 9.98. The zero-order chi connectivity index (χ0) is 25.0. The van der Waals surface area contributed by atoms with E-state index in [-0.39, 0.29) is 5.56 Å². The molecule has 1 aliphatic rings. The van der Waals surface area contributed by atoms with E-state index in [2.05, 4.69) is 19.9 Å². The van der Waals surface area contributed by atoms with Gasteiger partial charge in [0, 0.05) is 22.9 Å². The van der Waals surface area contributed by atoms with E-state index in [9.17, 15) is 17.2 Å². The Balaban J connectivity index is 1.47. The normalized spacial score (nSPS) is 13.9. The van der Waals surface area contributed by atoms with Crippen molar-refractivity contribution in [3.63, 3.8) is 0 Å². The zero-order valence-electron chi connectivity index (χ0n) is 19.1. The number of sulfonamides is 1. The van der Waals surface area contributed by atoms with Gasteiger partial charge in [0.05, 0.1) is 28.8 Å². The zero-order valence-corrected chi connectivity index (χ0v) is 19.9. The number of benzene rings is 2. The number of anilines is 1. The Morgan fingerprint density at radius 3 is 2.47 bits per heavy atom. The Kier molecular flexibility index (Phi) is 5.11. The summed E-state index contributed by atoms with van der Waals surface area (Å²) in [5.41, 5.74) is 3.72. The number of aromatic nitrogens is 5. The number of nitrogens with one attached hydrogen (secondary N) is 1. The third kappa shape index (κ3) is 4.11. The minimum Gasteiger partial charge on any atom is -0.283 e. The molecule has 11 heteroatoms. The van der Waals surface area contributed by atoms with Crippen LogP contribution in [0.2, 0.25) is 0 Å². The summed E-state index contributed by atoms with van der Waals surface area (Å²) in [6.07, 6.45) is 6.28. The molecule has 2 aromatic carbocycles. The maximum atomic E-state index is 14.7. The Morgan fingerprint density at radius 2 is 1.78 bits per heavy atom. The number of hydrogen-bond acceptors (Lipinski definition) is 5. The Bertz CT molecular complexity index is 1740. The summed E-state index contributed by atoms with van der Waals surface area (Å²) < 4.78 is 59.4. The highest BCUT2D eigenvalue weighted by Crippen LogP contribution is 2.36. The molecule has 0 spiro atoms. The number of halogens is 2. The summed E-state index contributed by atoms with van der Waals surface area (Å²) in [4.78, 5) is 4.14. The molecule has 3 heterocycles. The fraction of sp³-hybridized carbons (Fsp3) is 0.160. The van der Waals surface area contributed by atoms with E-state index < -0.39 is 26.9 Å². The van der Waals surface area contributed by atoms with Gasteiger partial charge in [0.15, 0.2) is 0 Å². The summed E-state index contributed by atoms with van der Waals surface area (Å²) in [5, 5.41) is 8.34. The molecule has 0 atom stereocenters. The van der Waals surface area contributed by atoms with E-state index in [1.807, 2.05) is 12.1 Å². The number of hydrogen-bond donors (Lipinski definition) is 1. The third-order valence-electron chi connectivity index (χ3n) is 6.08. The van der Waals surface area contributed by atoms with Crippen LogP contribution in [0.1, 0.15) is 18.7 Å². The van der Waals surface area contributed by atoms with Gasteiger partial charge in [-0.15, -0.1) is 0 Å².